The minimum Gasteiger partial charge on any atom is -0.359 e. The number of benzene rings is 1. The largest absolute Gasteiger partial charge is 0.359 e. The van der Waals surface area contributed by atoms with Gasteiger partial charge >= 0.3 is 0 Å². The van der Waals surface area contributed by atoms with Crippen molar-refractivity contribution in [2.45, 2.75) is 19.4 Å². The monoisotopic (exact) mass is 240 g/mol. The lowest BCUT2D eigenvalue weighted by Gasteiger charge is -2.14. The maximum atomic E-state index is 11.0. The second kappa shape index (κ2) is 6.51. The quantitative estimate of drug-likeness (QED) is 0.828. The lowest BCUT2D eigenvalue weighted by Crippen LogP contribution is -2.26. The Balaban J connectivity index is 2.40. The van der Waals surface area contributed by atoms with Gasteiger partial charge in [-0.2, -0.15) is 0 Å². The summed E-state index contributed by atoms with van der Waals surface area (Å²) in [6.45, 7) is 2.71. The fourth-order valence-electron chi connectivity index (χ4n) is 1.42. The zero-order valence-electron chi connectivity index (χ0n) is 9.59. The molecule has 2 N–H and O–H groups in total. The molecule has 0 aromatic heterocycles. The van der Waals surface area contributed by atoms with Crippen molar-refractivity contribution in [1.29, 1.82) is 0 Å². The van der Waals surface area contributed by atoms with Crippen LogP contribution in [0.15, 0.2) is 24.3 Å². The number of amides is 1. The van der Waals surface area contributed by atoms with Crippen LogP contribution in [-0.4, -0.2) is 19.5 Å². The molecule has 0 heterocycles. The third-order valence-electron chi connectivity index (χ3n) is 2.43. The van der Waals surface area contributed by atoms with Crippen LogP contribution in [0.1, 0.15) is 24.9 Å². The van der Waals surface area contributed by atoms with E-state index in [1.165, 1.54) is 0 Å². The molecule has 0 bridgehead atoms. The fraction of sp³-hybridized carbons (Fsp3) is 0.417. The number of hydrogen-bond donors (Lipinski definition) is 2. The number of hydrogen-bond acceptors (Lipinski definition) is 2. The molecule has 1 rings (SSSR count). The first kappa shape index (κ1) is 13.0. The Bertz CT molecular complexity index is 355. The number of carbonyl (C=O) groups excluding carboxylic acids is 1. The molecule has 1 aromatic rings. The number of rotatable bonds is 5. The minimum atomic E-state index is 0.0470. The zero-order chi connectivity index (χ0) is 12.0. The Morgan fingerprint density at radius 3 is 2.88 bits per heavy atom. The van der Waals surface area contributed by atoms with Crippen LogP contribution in [-0.2, 0) is 4.79 Å². The minimum absolute atomic E-state index is 0.0470. The van der Waals surface area contributed by atoms with Crippen LogP contribution in [0.3, 0.4) is 0 Å². The van der Waals surface area contributed by atoms with Crippen molar-refractivity contribution < 1.29 is 4.79 Å². The number of nitrogens with one attached hydrogen (secondary N) is 2. The highest BCUT2D eigenvalue weighted by molar-refractivity contribution is 6.30. The molecule has 16 heavy (non-hydrogen) atoms. The summed E-state index contributed by atoms with van der Waals surface area (Å²) >= 11 is 5.90. The van der Waals surface area contributed by atoms with Gasteiger partial charge < -0.3 is 10.6 Å². The van der Waals surface area contributed by atoms with Gasteiger partial charge in [-0.15, -0.1) is 0 Å². The summed E-state index contributed by atoms with van der Waals surface area (Å²) in [4.78, 5) is 11.0. The van der Waals surface area contributed by atoms with Crippen LogP contribution < -0.4 is 10.6 Å². The molecule has 0 saturated carbocycles. The summed E-state index contributed by atoms with van der Waals surface area (Å²) in [6.07, 6.45) is 0.488. The molecular weight excluding hydrogens is 224 g/mol. The summed E-state index contributed by atoms with van der Waals surface area (Å²) in [6, 6.07) is 7.92. The summed E-state index contributed by atoms with van der Waals surface area (Å²) in [5, 5.41) is 6.59. The highest BCUT2D eigenvalue weighted by atomic mass is 35.5. The van der Waals surface area contributed by atoms with E-state index in [0.717, 1.165) is 10.6 Å². The van der Waals surface area contributed by atoms with Crippen LogP contribution in [0, 0.1) is 0 Å². The van der Waals surface area contributed by atoms with Crippen LogP contribution >= 0.6 is 11.6 Å². The van der Waals surface area contributed by atoms with Crippen molar-refractivity contribution in [1.82, 2.24) is 10.6 Å². The smallest absolute Gasteiger partial charge is 0.221 e. The predicted octanol–water partition coefficient (Wildman–Crippen LogP) is 2.13. The van der Waals surface area contributed by atoms with E-state index in [2.05, 4.69) is 17.6 Å². The molecule has 88 valence electrons. The van der Waals surface area contributed by atoms with E-state index >= 15 is 0 Å². The van der Waals surface area contributed by atoms with Crippen molar-refractivity contribution in [3.63, 3.8) is 0 Å². The van der Waals surface area contributed by atoms with Gasteiger partial charge in [0, 0.05) is 31.1 Å². The second-order valence-corrected chi connectivity index (χ2v) is 4.09. The van der Waals surface area contributed by atoms with Gasteiger partial charge in [0.1, 0.15) is 0 Å². The average Bonchev–Trinajstić information content (AvgIpc) is 2.28. The van der Waals surface area contributed by atoms with Crippen LogP contribution in [0.5, 0.6) is 0 Å². The van der Waals surface area contributed by atoms with Crippen LogP contribution in [0.2, 0.25) is 5.02 Å². The maximum Gasteiger partial charge on any atom is 0.221 e. The van der Waals surface area contributed by atoms with Gasteiger partial charge in [-0.3, -0.25) is 4.79 Å². The molecule has 0 spiro atoms. The Labute approximate surface area is 101 Å². The van der Waals surface area contributed by atoms with Gasteiger partial charge in [0.15, 0.2) is 0 Å². The normalized spacial score (nSPS) is 12.2. The first-order valence-corrected chi connectivity index (χ1v) is 5.70. The molecule has 0 aliphatic carbocycles. The summed E-state index contributed by atoms with van der Waals surface area (Å²) in [7, 11) is 1.64. The molecule has 0 aliphatic rings. The van der Waals surface area contributed by atoms with Crippen molar-refractivity contribution in [2.75, 3.05) is 13.6 Å². The number of halogens is 1. The Morgan fingerprint density at radius 1 is 1.50 bits per heavy atom. The van der Waals surface area contributed by atoms with Gasteiger partial charge in [-0.1, -0.05) is 23.7 Å². The van der Waals surface area contributed by atoms with Crippen molar-refractivity contribution in [3.8, 4) is 0 Å². The first-order chi connectivity index (χ1) is 7.63. The molecule has 1 unspecified atom stereocenters. The third-order valence-corrected chi connectivity index (χ3v) is 2.67. The van der Waals surface area contributed by atoms with Gasteiger partial charge in [-0.05, 0) is 24.6 Å². The Morgan fingerprint density at radius 2 is 2.25 bits per heavy atom. The molecular formula is C12H17ClN2O. The lowest BCUT2D eigenvalue weighted by molar-refractivity contribution is -0.120. The summed E-state index contributed by atoms with van der Waals surface area (Å²) in [5.41, 5.74) is 1.13. The molecule has 0 fully saturated rings. The van der Waals surface area contributed by atoms with Crippen molar-refractivity contribution in [3.05, 3.63) is 34.9 Å². The average molecular weight is 241 g/mol. The molecule has 0 saturated heterocycles. The van der Waals surface area contributed by atoms with Gasteiger partial charge in [-0.25, -0.2) is 0 Å². The van der Waals surface area contributed by atoms with E-state index in [0.29, 0.717) is 13.0 Å². The molecule has 1 atom stereocenters. The maximum absolute atomic E-state index is 11.0. The van der Waals surface area contributed by atoms with Gasteiger partial charge in [0.25, 0.3) is 0 Å². The molecule has 1 aromatic carbocycles. The topological polar surface area (TPSA) is 41.1 Å². The van der Waals surface area contributed by atoms with Crippen molar-refractivity contribution >= 4 is 17.5 Å². The Kier molecular flexibility index (Phi) is 5.29. The SMILES string of the molecule is CNC(=O)CCNC(C)c1cccc(Cl)c1. The lowest BCUT2D eigenvalue weighted by atomic mass is 10.1. The van der Waals surface area contributed by atoms with E-state index in [9.17, 15) is 4.79 Å². The van der Waals surface area contributed by atoms with Crippen LogP contribution in [0.25, 0.3) is 0 Å². The fourth-order valence-corrected chi connectivity index (χ4v) is 1.62. The van der Waals surface area contributed by atoms with E-state index in [1.807, 2.05) is 24.3 Å². The zero-order valence-corrected chi connectivity index (χ0v) is 10.3. The van der Waals surface area contributed by atoms with Crippen LogP contribution in [0.4, 0.5) is 0 Å². The number of carbonyl (C=O) groups is 1. The molecule has 3 nitrogen and oxygen atoms in total. The third kappa shape index (κ3) is 4.21. The predicted molar refractivity (Wildman–Crippen MR) is 66.6 cm³/mol. The van der Waals surface area contributed by atoms with Gasteiger partial charge in [0.05, 0.1) is 0 Å². The summed E-state index contributed by atoms with van der Waals surface area (Å²) < 4.78 is 0. The Hall–Kier alpha value is -1.06. The van der Waals surface area contributed by atoms with Gasteiger partial charge in [0.2, 0.25) is 5.91 Å². The molecule has 0 radical (unpaired) electrons. The van der Waals surface area contributed by atoms with E-state index in [1.54, 1.807) is 7.05 Å². The second-order valence-electron chi connectivity index (χ2n) is 3.65. The van der Waals surface area contributed by atoms with E-state index in [-0.39, 0.29) is 11.9 Å². The van der Waals surface area contributed by atoms with Crippen molar-refractivity contribution in [2.24, 2.45) is 0 Å². The summed E-state index contributed by atoms with van der Waals surface area (Å²) in [5.74, 6) is 0.0470. The van der Waals surface area contributed by atoms with E-state index < -0.39 is 0 Å². The highest BCUT2D eigenvalue weighted by Crippen LogP contribution is 2.16. The molecule has 4 heteroatoms. The van der Waals surface area contributed by atoms with E-state index in [4.69, 9.17) is 11.6 Å². The standard InChI is InChI=1S/C12H17ClN2O/c1-9(15-7-6-12(16)14-2)10-4-3-5-11(13)8-10/h3-5,8-9,15H,6-7H2,1-2H3,(H,14,16). The highest BCUT2D eigenvalue weighted by Gasteiger charge is 2.05. The molecule has 0 aliphatic heterocycles. The first-order valence-electron chi connectivity index (χ1n) is 5.33. The molecule has 1 amide bonds.